The molecule has 0 atom stereocenters. The van der Waals surface area contributed by atoms with Gasteiger partial charge in [0.1, 0.15) is 5.82 Å². The van der Waals surface area contributed by atoms with E-state index < -0.39 is 0 Å². The summed E-state index contributed by atoms with van der Waals surface area (Å²) in [5.74, 6) is 1.01. The van der Waals surface area contributed by atoms with Crippen molar-refractivity contribution in [3.8, 4) is 11.4 Å². The number of hydrogen-bond donors (Lipinski definition) is 1. The van der Waals surface area contributed by atoms with Gasteiger partial charge in [0.25, 0.3) is 0 Å². The van der Waals surface area contributed by atoms with Crippen LogP contribution in [0.4, 0.5) is 0 Å². The minimum absolute atomic E-state index is 0.0429. The smallest absolute Gasteiger partial charge is 0.140 e. The summed E-state index contributed by atoms with van der Waals surface area (Å²) in [4.78, 5) is 4.62. The van der Waals surface area contributed by atoms with E-state index in [1.54, 1.807) is 0 Å². The first kappa shape index (κ1) is 11.5. The summed E-state index contributed by atoms with van der Waals surface area (Å²) in [6.07, 6.45) is 3.44. The van der Waals surface area contributed by atoms with Crippen LogP contribution in [0.25, 0.3) is 11.4 Å². The third-order valence-electron chi connectivity index (χ3n) is 3.66. The molecule has 3 heteroatoms. The summed E-state index contributed by atoms with van der Waals surface area (Å²) in [6, 6.07) is 8.44. The number of aromatic nitrogens is 2. The van der Waals surface area contributed by atoms with Crippen LogP contribution >= 0.6 is 0 Å². The third kappa shape index (κ3) is 1.85. The van der Waals surface area contributed by atoms with Gasteiger partial charge >= 0.3 is 0 Å². The maximum atomic E-state index is 9.42. The zero-order chi connectivity index (χ0) is 12.5. The third-order valence-corrected chi connectivity index (χ3v) is 3.66. The molecule has 2 heterocycles. The fourth-order valence-electron chi connectivity index (χ4n) is 2.67. The van der Waals surface area contributed by atoms with Gasteiger partial charge in [0.2, 0.25) is 0 Å². The maximum absolute atomic E-state index is 9.42. The standard InChI is InChI=1S/C15H18N2O/c1-11-5-7-12(8-6-11)15-16-13(10-18)14-4-2-3-9-17(14)15/h5-8,18H,2-4,9-10H2,1H3. The lowest BCUT2D eigenvalue weighted by Gasteiger charge is -2.17. The average molecular weight is 242 g/mol. The number of aryl methyl sites for hydroxylation is 1. The SMILES string of the molecule is Cc1ccc(-c2nc(CO)c3n2CCCC3)cc1. The topological polar surface area (TPSA) is 38.1 Å². The van der Waals surface area contributed by atoms with Crippen molar-refractivity contribution in [2.24, 2.45) is 0 Å². The summed E-state index contributed by atoms with van der Waals surface area (Å²) >= 11 is 0. The van der Waals surface area contributed by atoms with E-state index >= 15 is 0 Å². The number of aliphatic hydroxyl groups excluding tert-OH is 1. The predicted octanol–water partition coefficient (Wildman–Crippen LogP) is 2.69. The van der Waals surface area contributed by atoms with Crippen LogP contribution in [0.3, 0.4) is 0 Å². The number of nitrogens with zero attached hydrogens (tertiary/aromatic N) is 2. The molecule has 18 heavy (non-hydrogen) atoms. The summed E-state index contributed by atoms with van der Waals surface area (Å²) in [5.41, 5.74) is 4.47. The highest BCUT2D eigenvalue weighted by Gasteiger charge is 2.19. The minimum Gasteiger partial charge on any atom is -0.390 e. The van der Waals surface area contributed by atoms with Crippen molar-refractivity contribution < 1.29 is 5.11 Å². The van der Waals surface area contributed by atoms with E-state index in [0.717, 1.165) is 30.0 Å². The molecule has 0 amide bonds. The lowest BCUT2D eigenvalue weighted by atomic mass is 10.1. The van der Waals surface area contributed by atoms with E-state index in [-0.39, 0.29) is 6.61 Å². The van der Waals surface area contributed by atoms with Crippen LogP contribution in [0.1, 0.15) is 29.8 Å². The molecule has 0 spiro atoms. The number of hydrogen-bond acceptors (Lipinski definition) is 2. The van der Waals surface area contributed by atoms with E-state index in [1.165, 1.54) is 24.1 Å². The van der Waals surface area contributed by atoms with E-state index in [4.69, 9.17) is 0 Å². The Morgan fingerprint density at radius 3 is 2.72 bits per heavy atom. The van der Waals surface area contributed by atoms with Gasteiger partial charge in [0, 0.05) is 17.8 Å². The van der Waals surface area contributed by atoms with Gasteiger partial charge in [0.05, 0.1) is 12.3 Å². The highest BCUT2D eigenvalue weighted by molar-refractivity contribution is 5.57. The van der Waals surface area contributed by atoms with Crippen molar-refractivity contribution in [2.75, 3.05) is 0 Å². The highest BCUT2D eigenvalue weighted by atomic mass is 16.3. The fourth-order valence-corrected chi connectivity index (χ4v) is 2.67. The Hall–Kier alpha value is -1.61. The summed E-state index contributed by atoms with van der Waals surface area (Å²) in [6.45, 7) is 3.15. The molecule has 1 N–H and O–H groups in total. The second kappa shape index (κ2) is 4.58. The van der Waals surface area contributed by atoms with Gasteiger partial charge in [-0.3, -0.25) is 0 Å². The van der Waals surface area contributed by atoms with Crippen LogP contribution in [-0.2, 0) is 19.6 Å². The second-order valence-electron chi connectivity index (χ2n) is 4.96. The van der Waals surface area contributed by atoms with Crippen LogP contribution < -0.4 is 0 Å². The zero-order valence-corrected chi connectivity index (χ0v) is 10.7. The van der Waals surface area contributed by atoms with Crippen LogP contribution in [-0.4, -0.2) is 14.7 Å². The largest absolute Gasteiger partial charge is 0.390 e. The number of rotatable bonds is 2. The summed E-state index contributed by atoms with van der Waals surface area (Å²) < 4.78 is 2.28. The number of fused-ring (bicyclic) bond motifs is 1. The van der Waals surface area contributed by atoms with Crippen LogP contribution in [0.2, 0.25) is 0 Å². The molecule has 2 aromatic rings. The van der Waals surface area contributed by atoms with Crippen LogP contribution in [0.15, 0.2) is 24.3 Å². The monoisotopic (exact) mass is 242 g/mol. The quantitative estimate of drug-likeness (QED) is 0.879. The van der Waals surface area contributed by atoms with Gasteiger partial charge in [-0.15, -0.1) is 0 Å². The van der Waals surface area contributed by atoms with Gasteiger partial charge in [-0.2, -0.15) is 0 Å². The second-order valence-corrected chi connectivity index (χ2v) is 4.96. The van der Waals surface area contributed by atoms with E-state index in [1.807, 2.05) is 0 Å². The Balaban J connectivity index is 2.11. The summed E-state index contributed by atoms with van der Waals surface area (Å²) in [5, 5.41) is 9.42. The number of aliphatic hydroxyl groups is 1. The zero-order valence-electron chi connectivity index (χ0n) is 10.7. The van der Waals surface area contributed by atoms with Gasteiger partial charge < -0.3 is 9.67 Å². The average Bonchev–Trinajstić information content (AvgIpc) is 2.79. The molecule has 0 saturated heterocycles. The van der Waals surface area contributed by atoms with Gasteiger partial charge in [-0.25, -0.2) is 4.98 Å². The number of imidazole rings is 1. The van der Waals surface area contributed by atoms with Crippen LogP contribution in [0, 0.1) is 6.92 Å². The molecule has 0 unspecified atom stereocenters. The molecule has 0 fully saturated rings. The molecule has 1 aromatic heterocycles. The van der Waals surface area contributed by atoms with Crippen molar-refractivity contribution in [2.45, 2.75) is 39.3 Å². The number of benzene rings is 1. The molecule has 3 nitrogen and oxygen atoms in total. The van der Waals surface area contributed by atoms with Crippen molar-refractivity contribution in [1.29, 1.82) is 0 Å². The fraction of sp³-hybridized carbons (Fsp3) is 0.400. The van der Waals surface area contributed by atoms with Crippen molar-refractivity contribution >= 4 is 0 Å². The Morgan fingerprint density at radius 1 is 1.22 bits per heavy atom. The summed E-state index contributed by atoms with van der Waals surface area (Å²) in [7, 11) is 0. The van der Waals surface area contributed by atoms with Gasteiger partial charge in [-0.1, -0.05) is 29.8 Å². The van der Waals surface area contributed by atoms with Crippen molar-refractivity contribution in [3.05, 3.63) is 41.2 Å². The molecule has 1 aromatic carbocycles. The lowest BCUT2D eigenvalue weighted by molar-refractivity contribution is 0.275. The Labute approximate surface area is 107 Å². The van der Waals surface area contributed by atoms with Crippen molar-refractivity contribution in [1.82, 2.24) is 9.55 Å². The minimum atomic E-state index is 0.0429. The van der Waals surface area contributed by atoms with Crippen molar-refractivity contribution in [3.63, 3.8) is 0 Å². The highest BCUT2D eigenvalue weighted by Crippen LogP contribution is 2.27. The maximum Gasteiger partial charge on any atom is 0.140 e. The van der Waals surface area contributed by atoms with E-state index in [0.29, 0.717) is 0 Å². The van der Waals surface area contributed by atoms with E-state index in [9.17, 15) is 5.11 Å². The lowest BCUT2D eigenvalue weighted by Crippen LogP contribution is -2.12. The van der Waals surface area contributed by atoms with Gasteiger partial charge in [0.15, 0.2) is 0 Å². The molecular weight excluding hydrogens is 224 g/mol. The Bertz CT molecular complexity index is 555. The molecule has 94 valence electrons. The first-order valence-corrected chi connectivity index (χ1v) is 6.56. The Kier molecular flexibility index (Phi) is 2.92. The normalized spacial score (nSPS) is 14.6. The van der Waals surface area contributed by atoms with E-state index in [2.05, 4.69) is 40.7 Å². The molecular formula is C15H18N2O. The first-order chi connectivity index (χ1) is 8.79. The molecule has 0 saturated carbocycles. The predicted molar refractivity (Wildman–Crippen MR) is 71.3 cm³/mol. The first-order valence-electron chi connectivity index (χ1n) is 6.56. The molecule has 0 radical (unpaired) electrons. The molecule has 3 rings (SSSR count). The Morgan fingerprint density at radius 2 is 2.00 bits per heavy atom. The molecule has 0 aliphatic carbocycles. The molecule has 0 bridgehead atoms. The molecule has 1 aliphatic rings. The molecule has 1 aliphatic heterocycles. The van der Waals surface area contributed by atoms with Crippen LogP contribution in [0.5, 0.6) is 0 Å². The van der Waals surface area contributed by atoms with Gasteiger partial charge in [-0.05, 0) is 26.2 Å².